The summed E-state index contributed by atoms with van der Waals surface area (Å²) in [6.45, 7) is 4.45. The van der Waals surface area contributed by atoms with Crippen LogP contribution in [0.3, 0.4) is 0 Å². The van der Waals surface area contributed by atoms with Gasteiger partial charge in [-0.05, 0) is 37.8 Å². The van der Waals surface area contributed by atoms with Crippen molar-refractivity contribution in [3.05, 3.63) is 12.1 Å². The Morgan fingerprint density at radius 3 is 3.16 bits per heavy atom. The number of nitrogen functional groups attached to an aromatic ring is 1. The molecule has 1 fully saturated rings. The summed E-state index contributed by atoms with van der Waals surface area (Å²) in [6.07, 6.45) is 4.70. The van der Waals surface area contributed by atoms with Crippen molar-refractivity contribution in [3.8, 4) is 5.88 Å². The SMILES string of the molecule is CCCOc1nc(NCCC2CCCO2)ccc1N. The monoisotopic (exact) mass is 265 g/mol. The normalized spacial score (nSPS) is 18.5. The fourth-order valence-corrected chi connectivity index (χ4v) is 2.10. The lowest BCUT2D eigenvalue weighted by molar-refractivity contribution is 0.107. The minimum atomic E-state index is 0.400. The predicted octanol–water partition coefficient (Wildman–Crippen LogP) is 2.43. The highest BCUT2D eigenvalue weighted by Gasteiger charge is 2.14. The van der Waals surface area contributed by atoms with Gasteiger partial charge in [-0.3, -0.25) is 0 Å². The van der Waals surface area contributed by atoms with Crippen LogP contribution in [0.5, 0.6) is 5.88 Å². The molecule has 1 aromatic heterocycles. The van der Waals surface area contributed by atoms with Crippen LogP contribution in [0.2, 0.25) is 0 Å². The minimum Gasteiger partial charge on any atom is -0.476 e. The van der Waals surface area contributed by atoms with E-state index in [9.17, 15) is 0 Å². The van der Waals surface area contributed by atoms with Crippen LogP contribution < -0.4 is 15.8 Å². The first-order valence-corrected chi connectivity index (χ1v) is 7.04. The van der Waals surface area contributed by atoms with Crippen LogP contribution in [0, 0.1) is 0 Å². The molecule has 1 saturated heterocycles. The lowest BCUT2D eigenvalue weighted by atomic mass is 10.2. The van der Waals surface area contributed by atoms with E-state index in [0.29, 0.717) is 24.3 Å². The summed E-state index contributed by atoms with van der Waals surface area (Å²) >= 11 is 0. The summed E-state index contributed by atoms with van der Waals surface area (Å²) in [6, 6.07) is 3.70. The quantitative estimate of drug-likeness (QED) is 0.792. The number of nitrogens with zero attached hydrogens (tertiary/aromatic N) is 1. The van der Waals surface area contributed by atoms with Crippen molar-refractivity contribution in [2.75, 3.05) is 30.8 Å². The number of hydrogen-bond acceptors (Lipinski definition) is 5. The third-order valence-electron chi connectivity index (χ3n) is 3.13. The van der Waals surface area contributed by atoms with Gasteiger partial charge >= 0.3 is 0 Å². The van der Waals surface area contributed by atoms with Gasteiger partial charge in [0.2, 0.25) is 5.88 Å². The molecule has 0 spiro atoms. The fourth-order valence-electron chi connectivity index (χ4n) is 2.10. The van der Waals surface area contributed by atoms with Gasteiger partial charge < -0.3 is 20.5 Å². The van der Waals surface area contributed by atoms with Crippen molar-refractivity contribution in [1.82, 2.24) is 4.98 Å². The van der Waals surface area contributed by atoms with Crippen molar-refractivity contribution in [2.24, 2.45) is 0 Å². The van der Waals surface area contributed by atoms with Gasteiger partial charge in [-0.1, -0.05) is 6.92 Å². The maximum Gasteiger partial charge on any atom is 0.239 e. The van der Waals surface area contributed by atoms with Crippen LogP contribution >= 0.6 is 0 Å². The van der Waals surface area contributed by atoms with E-state index in [1.165, 1.54) is 12.8 Å². The van der Waals surface area contributed by atoms with Crippen LogP contribution in [0.1, 0.15) is 32.6 Å². The second-order valence-electron chi connectivity index (χ2n) is 4.79. The number of nitrogens with one attached hydrogen (secondary N) is 1. The van der Waals surface area contributed by atoms with Crippen LogP contribution in [0.15, 0.2) is 12.1 Å². The van der Waals surface area contributed by atoms with Crippen molar-refractivity contribution >= 4 is 11.5 Å². The number of hydrogen-bond donors (Lipinski definition) is 2. The van der Waals surface area contributed by atoms with Crippen LogP contribution in [0.4, 0.5) is 11.5 Å². The summed E-state index contributed by atoms with van der Waals surface area (Å²) in [5.41, 5.74) is 6.40. The predicted molar refractivity (Wildman–Crippen MR) is 76.5 cm³/mol. The molecule has 2 heterocycles. The van der Waals surface area contributed by atoms with E-state index >= 15 is 0 Å². The fraction of sp³-hybridized carbons (Fsp3) is 0.643. The van der Waals surface area contributed by atoms with Crippen molar-refractivity contribution in [1.29, 1.82) is 0 Å². The first-order valence-electron chi connectivity index (χ1n) is 7.04. The molecule has 0 aliphatic carbocycles. The largest absolute Gasteiger partial charge is 0.476 e. The van der Waals surface area contributed by atoms with Crippen molar-refractivity contribution < 1.29 is 9.47 Å². The highest BCUT2D eigenvalue weighted by atomic mass is 16.5. The summed E-state index contributed by atoms with van der Waals surface area (Å²) < 4.78 is 11.1. The molecule has 1 unspecified atom stereocenters. The molecule has 2 rings (SSSR count). The van der Waals surface area contributed by atoms with E-state index in [1.807, 2.05) is 12.1 Å². The number of ether oxygens (including phenoxy) is 2. The standard InChI is InChI=1S/C14H23N3O2/c1-2-9-19-14-12(15)5-6-13(17-14)16-8-7-11-4-3-10-18-11/h5-6,11H,2-4,7-10,15H2,1H3,(H,16,17). The van der Waals surface area contributed by atoms with Crippen LogP contribution in [0.25, 0.3) is 0 Å². The molecule has 5 nitrogen and oxygen atoms in total. The van der Waals surface area contributed by atoms with Gasteiger partial charge in [-0.25, -0.2) is 0 Å². The van der Waals surface area contributed by atoms with Gasteiger partial charge in [0.1, 0.15) is 5.82 Å². The second-order valence-corrected chi connectivity index (χ2v) is 4.79. The Labute approximate surface area is 114 Å². The Balaban J connectivity index is 1.81. The average Bonchev–Trinajstić information content (AvgIpc) is 2.92. The number of aromatic nitrogens is 1. The van der Waals surface area contributed by atoms with Gasteiger partial charge in [-0.15, -0.1) is 0 Å². The van der Waals surface area contributed by atoms with Gasteiger partial charge in [0.15, 0.2) is 0 Å². The number of anilines is 2. The summed E-state index contributed by atoms with van der Waals surface area (Å²) in [5.74, 6) is 1.32. The smallest absolute Gasteiger partial charge is 0.239 e. The molecular weight excluding hydrogens is 242 g/mol. The number of rotatable bonds is 7. The summed E-state index contributed by atoms with van der Waals surface area (Å²) in [7, 11) is 0. The highest BCUT2D eigenvalue weighted by molar-refractivity contribution is 5.53. The molecule has 0 saturated carbocycles. The van der Waals surface area contributed by atoms with E-state index < -0.39 is 0 Å². The van der Waals surface area contributed by atoms with E-state index in [4.69, 9.17) is 15.2 Å². The molecule has 1 atom stereocenters. The zero-order valence-corrected chi connectivity index (χ0v) is 11.5. The molecule has 0 radical (unpaired) electrons. The summed E-state index contributed by atoms with van der Waals surface area (Å²) in [5, 5.41) is 3.29. The lowest BCUT2D eigenvalue weighted by Gasteiger charge is -2.12. The molecule has 0 amide bonds. The molecule has 106 valence electrons. The van der Waals surface area contributed by atoms with E-state index in [-0.39, 0.29) is 0 Å². The van der Waals surface area contributed by atoms with Gasteiger partial charge in [0, 0.05) is 13.2 Å². The lowest BCUT2D eigenvalue weighted by Crippen LogP contribution is -2.13. The van der Waals surface area contributed by atoms with Gasteiger partial charge in [0.25, 0.3) is 0 Å². The Hall–Kier alpha value is -1.49. The topological polar surface area (TPSA) is 69.4 Å². The zero-order valence-electron chi connectivity index (χ0n) is 11.5. The van der Waals surface area contributed by atoms with E-state index in [0.717, 1.165) is 31.8 Å². The first kappa shape index (κ1) is 13.9. The van der Waals surface area contributed by atoms with Gasteiger partial charge in [-0.2, -0.15) is 4.98 Å². The molecular formula is C14H23N3O2. The van der Waals surface area contributed by atoms with Crippen molar-refractivity contribution in [3.63, 3.8) is 0 Å². The Morgan fingerprint density at radius 2 is 2.42 bits per heavy atom. The third-order valence-corrected chi connectivity index (χ3v) is 3.13. The number of pyridine rings is 1. The Morgan fingerprint density at radius 1 is 1.53 bits per heavy atom. The average molecular weight is 265 g/mol. The maximum absolute atomic E-state index is 5.82. The van der Waals surface area contributed by atoms with E-state index in [1.54, 1.807) is 0 Å². The van der Waals surface area contributed by atoms with Crippen LogP contribution in [-0.2, 0) is 4.74 Å². The molecule has 0 bridgehead atoms. The highest BCUT2D eigenvalue weighted by Crippen LogP contribution is 2.21. The molecule has 3 N–H and O–H groups in total. The summed E-state index contributed by atoms with van der Waals surface area (Å²) in [4.78, 5) is 4.37. The molecule has 5 heteroatoms. The molecule has 1 aliphatic rings. The second kappa shape index (κ2) is 7.19. The molecule has 19 heavy (non-hydrogen) atoms. The Bertz CT molecular complexity index is 392. The third kappa shape index (κ3) is 4.28. The van der Waals surface area contributed by atoms with Crippen molar-refractivity contribution in [2.45, 2.75) is 38.7 Å². The first-order chi connectivity index (χ1) is 9.29. The number of nitrogens with two attached hydrogens (primary N) is 1. The minimum absolute atomic E-state index is 0.400. The zero-order chi connectivity index (χ0) is 13.5. The Kier molecular flexibility index (Phi) is 5.27. The van der Waals surface area contributed by atoms with Crippen LogP contribution in [-0.4, -0.2) is 30.8 Å². The molecule has 1 aliphatic heterocycles. The van der Waals surface area contributed by atoms with E-state index in [2.05, 4.69) is 17.2 Å². The maximum atomic E-state index is 5.82. The molecule has 0 aromatic carbocycles. The van der Waals surface area contributed by atoms with Gasteiger partial charge in [0.05, 0.1) is 18.4 Å². The molecule has 1 aromatic rings.